The molecule has 0 aliphatic carbocycles. The molecule has 22 heavy (non-hydrogen) atoms. The molecule has 0 atom stereocenters. The molecule has 0 unspecified atom stereocenters. The van der Waals surface area contributed by atoms with E-state index < -0.39 is 0 Å². The number of fused-ring (bicyclic) bond motifs is 1. The Morgan fingerprint density at radius 3 is 2.64 bits per heavy atom. The third-order valence-electron chi connectivity index (χ3n) is 4.22. The summed E-state index contributed by atoms with van der Waals surface area (Å²) in [7, 11) is 0. The van der Waals surface area contributed by atoms with Gasteiger partial charge in [-0.05, 0) is 38.1 Å². The number of para-hydroxylation sites is 2. The molecule has 1 saturated heterocycles. The summed E-state index contributed by atoms with van der Waals surface area (Å²) in [5.74, 6) is 0. The van der Waals surface area contributed by atoms with Crippen LogP contribution in [0.15, 0.2) is 42.9 Å². The van der Waals surface area contributed by atoms with Gasteiger partial charge in [0.2, 0.25) is 0 Å². The standard InChI is InChI=1S/C17H19N5/c1-2-6-16-15(5-1)18-12-17(20-16)14-11-19-22(13-14)10-9-21-7-3-4-8-21/h1-2,5-6,11-13H,3-4,7-10H2. The minimum Gasteiger partial charge on any atom is -0.301 e. The van der Waals surface area contributed by atoms with Crippen LogP contribution in [0.1, 0.15) is 12.8 Å². The van der Waals surface area contributed by atoms with Gasteiger partial charge in [0.15, 0.2) is 0 Å². The van der Waals surface area contributed by atoms with Gasteiger partial charge in [-0.1, -0.05) is 12.1 Å². The third kappa shape index (κ3) is 2.72. The highest BCUT2D eigenvalue weighted by Gasteiger charge is 2.11. The van der Waals surface area contributed by atoms with Gasteiger partial charge in [-0.25, -0.2) is 4.98 Å². The summed E-state index contributed by atoms with van der Waals surface area (Å²) in [6, 6.07) is 7.93. The Balaban J connectivity index is 1.51. The van der Waals surface area contributed by atoms with Crippen LogP contribution in [0.5, 0.6) is 0 Å². The quantitative estimate of drug-likeness (QED) is 0.742. The second-order valence-electron chi connectivity index (χ2n) is 5.78. The maximum absolute atomic E-state index is 4.67. The van der Waals surface area contributed by atoms with E-state index in [1.165, 1.54) is 25.9 Å². The SMILES string of the molecule is c1ccc2nc(-c3cnn(CCN4CCCC4)c3)cnc2c1. The topological polar surface area (TPSA) is 46.8 Å². The molecule has 1 aliphatic rings. The Labute approximate surface area is 129 Å². The van der Waals surface area contributed by atoms with Crippen molar-refractivity contribution in [3.63, 3.8) is 0 Å². The van der Waals surface area contributed by atoms with Crippen molar-refractivity contribution >= 4 is 11.0 Å². The molecule has 1 fully saturated rings. The average molecular weight is 293 g/mol. The van der Waals surface area contributed by atoms with E-state index >= 15 is 0 Å². The highest BCUT2D eigenvalue weighted by Crippen LogP contribution is 2.18. The first kappa shape index (κ1) is 13.4. The molecule has 0 N–H and O–H groups in total. The Kier molecular flexibility index (Phi) is 3.56. The van der Waals surface area contributed by atoms with Crippen molar-refractivity contribution < 1.29 is 0 Å². The molecular weight excluding hydrogens is 274 g/mol. The first-order valence-corrected chi connectivity index (χ1v) is 7.85. The number of hydrogen-bond acceptors (Lipinski definition) is 4. The van der Waals surface area contributed by atoms with Gasteiger partial charge < -0.3 is 4.90 Å². The minimum absolute atomic E-state index is 0.881. The lowest BCUT2D eigenvalue weighted by atomic mass is 10.2. The molecule has 112 valence electrons. The Morgan fingerprint density at radius 1 is 0.955 bits per heavy atom. The summed E-state index contributed by atoms with van der Waals surface area (Å²) in [6.07, 6.45) is 8.43. The van der Waals surface area contributed by atoms with Gasteiger partial charge in [0, 0.05) is 18.3 Å². The van der Waals surface area contributed by atoms with Crippen molar-refractivity contribution in [3.8, 4) is 11.3 Å². The van der Waals surface area contributed by atoms with Crippen LogP contribution < -0.4 is 0 Å². The first-order valence-electron chi connectivity index (χ1n) is 7.85. The smallest absolute Gasteiger partial charge is 0.0924 e. The van der Waals surface area contributed by atoms with E-state index in [9.17, 15) is 0 Å². The van der Waals surface area contributed by atoms with Crippen molar-refractivity contribution in [2.45, 2.75) is 19.4 Å². The lowest BCUT2D eigenvalue weighted by Crippen LogP contribution is -2.24. The Hall–Kier alpha value is -2.27. The van der Waals surface area contributed by atoms with Gasteiger partial charge in [0.05, 0.1) is 35.7 Å². The fourth-order valence-corrected chi connectivity index (χ4v) is 2.96. The van der Waals surface area contributed by atoms with E-state index in [0.717, 1.165) is 35.4 Å². The third-order valence-corrected chi connectivity index (χ3v) is 4.22. The van der Waals surface area contributed by atoms with E-state index in [0.29, 0.717) is 0 Å². The molecule has 2 aromatic heterocycles. The second kappa shape index (κ2) is 5.85. The van der Waals surface area contributed by atoms with Gasteiger partial charge in [0.25, 0.3) is 0 Å². The zero-order valence-corrected chi connectivity index (χ0v) is 12.5. The molecule has 3 aromatic rings. The highest BCUT2D eigenvalue weighted by molar-refractivity contribution is 5.76. The van der Waals surface area contributed by atoms with Gasteiger partial charge >= 0.3 is 0 Å². The second-order valence-corrected chi connectivity index (χ2v) is 5.78. The lowest BCUT2D eigenvalue weighted by Gasteiger charge is -2.13. The van der Waals surface area contributed by atoms with E-state index in [-0.39, 0.29) is 0 Å². The molecule has 0 saturated carbocycles. The van der Waals surface area contributed by atoms with Gasteiger partial charge in [-0.15, -0.1) is 0 Å². The number of hydrogen-bond donors (Lipinski definition) is 0. The van der Waals surface area contributed by atoms with Crippen LogP contribution in [0.2, 0.25) is 0 Å². The molecule has 3 heterocycles. The predicted molar refractivity (Wildman–Crippen MR) is 86.4 cm³/mol. The molecule has 1 aliphatic heterocycles. The lowest BCUT2D eigenvalue weighted by molar-refractivity contribution is 0.316. The minimum atomic E-state index is 0.881. The molecule has 1 aromatic carbocycles. The summed E-state index contributed by atoms with van der Waals surface area (Å²) >= 11 is 0. The largest absolute Gasteiger partial charge is 0.301 e. The maximum atomic E-state index is 4.67. The summed E-state index contributed by atoms with van der Waals surface area (Å²) < 4.78 is 2.00. The van der Waals surface area contributed by atoms with Crippen LogP contribution in [0.25, 0.3) is 22.3 Å². The normalized spacial score (nSPS) is 15.6. The number of aromatic nitrogens is 4. The van der Waals surface area contributed by atoms with Crippen LogP contribution in [0, 0.1) is 0 Å². The zero-order chi connectivity index (χ0) is 14.8. The maximum Gasteiger partial charge on any atom is 0.0924 e. The van der Waals surface area contributed by atoms with Crippen molar-refractivity contribution in [1.29, 1.82) is 0 Å². The van der Waals surface area contributed by atoms with E-state index in [1.807, 2.05) is 41.3 Å². The number of rotatable bonds is 4. The van der Waals surface area contributed by atoms with Crippen molar-refractivity contribution in [1.82, 2.24) is 24.6 Å². The van der Waals surface area contributed by atoms with Crippen LogP contribution in [-0.2, 0) is 6.54 Å². The van der Waals surface area contributed by atoms with Crippen LogP contribution >= 0.6 is 0 Å². The number of nitrogens with zero attached hydrogens (tertiary/aromatic N) is 5. The fourth-order valence-electron chi connectivity index (χ4n) is 2.96. The molecule has 4 rings (SSSR count). The monoisotopic (exact) mass is 293 g/mol. The predicted octanol–water partition coefficient (Wildman–Crippen LogP) is 2.59. The molecule has 0 radical (unpaired) electrons. The van der Waals surface area contributed by atoms with E-state index in [2.05, 4.69) is 26.2 Å². The van der Waals surface area contributed by atoms with Gasteiger partial charge in [-0.2, -0.15) is 5.10 Å². The summed E-state index contributed by atoms with van der Waals surface area (Å²) in [4.78, 5) is 11.6. The summed E-state index contributed by atoms with van der Waals surface area (Å²) in [5, 5.41) is 4.46. The van der Waals surface area contributed by atoms with Gasteiger partial charge in [-0.3, -0.25) is 9.67 Å². The molecule has 5 nitrogen and oxygen atoms in total. The van der Waals surface area contributed by atoms with Gasteiger partial charge in [0.1, 0.15) is 0 Å². The fraction of sp³-hybridized carbons (Fsp3) is 0.353. The molecule has 5 heteroatoms. The average Bonchev–Trinajstić information content (AvgIpc) is 3.24. The Bertz CT molecular complexity index is 773. The van der Waals surface area contributed by atoms with Crippen molar-refractivity contribution in [2.75, 3.05) is 19.6 Å². The van der Waals surface area contributed by atoms with Crippen molar-refractivity contribution in [2.24, 2.45) is 0 Å². The van der Waals surface area contributed by atoms with Crippen LogP contribution in [0.3, 0.4) is 0 Å². The zero-order valence-electron chi connectivity index (χ0n) is 12.5. The molecule has 0 amide bonds. The number of benzene rings is 1. The summed E-state index contributed by atoms with van der Waals surface area (Å²) in [6.45, 7) is 4.46. The first-order chi connectivity index (χ1) is 10.9. The molecule has 0 spiro atoms. The van der Waals surface area contributed by atoms with Crippen LogP contribution in [-0.4, -0.2) is 44.3 Å². The van der Waals surface area contributed by atoms with Crippen molar-refractivity contribution in [3.05, 3.63) is 42.9 Å². The summed E-state index contributed by atoms with van der Waals surface area (Å²) in [5.41, 5.74) is 3.75. The molecular formula is C17H19N5. The number of likely N-dealkylation sites (tertiary alicyclic amines) is 1. The van der Waals surface area contributed by atoms with Crippen LogP contribution in [0.4, 0.5) is 0 Å². The Morgan fingerprint density at radius 2 is 1.77 bits per heavy atom. The highest BCUT2D eigenvalue weighted by atomic mass is 15.3. The van der Waals surface area contributed by atoms with E-state index in [4.69, 9.17) is 0 Å². The van der Waals surface area contributed by atoms with E-state index in [1.54, 1.807) is 0 Å². The molecule has 0 bridgehead atoms.